The van der Waals surface area contributed by atoms with Crippen LogP contribution in [0.4, 0.5) is 0 Å². The molecule has 0 radical (unpaired) electrons. The molecule has 11 heteroatoms. The molecule has 170 valence electrons. The number of aryl methyl sites for hydroxylation is 1. The normalized spacial score (nSPS) is 10.7. The Hall–Kier alpha value is -2.68. The van der Waals surface area contributed by atoms with E-state index < -0.39 is 5.91 Å². The molecule has 0 saturated heterocycles. The number of hydrazone groups is 1. The Balaban J connectivity index is 2.06. The molecule has 2 aromatic rings. The Labute approximate surface area is 203 Å². The van der Waals surface area contributed by atoms with Crippen LogP contribution in [0.5, 0.6) is 17.4 Å². The summed E-state index contributed by atoms with van der Waals surface area (Å²) in [5, 5.41) is 13.4. The van der Waals surface area contributed by atoms with Crippen LogP contribution in [0.2, 0.25) is 0 Å². The number of hydrogen-bond acceptors (Lipinski definition) is 8. The van der Waals surface area contributed by atoms with Gasteiger partial charge in [-0.05, 0) is 63.4 Å². The van der Waals surface area contributed by atoms with Gasteiger partial charge in [0.05, 0.1) is 36.7 Å². The van der Waals surface area contributed by atoms with Crippen molar-refractivity contribution in [1.82, 2.24) is 10.4 Å². The van der Waals surface area contributed by atoms with Crippen molar-refractivity contribution in [2.75, 3.05) is 27.4 Å². The zero-order valence-corrected chi connectivity index (χ0v) is 21.2. The van der Waals surface area contributed by atoms with E-state index >= 15 is 0 Å². The molecule has 32 heavy (non-hydrogen) atoms. The molecule has 1 N–H and O–H groups in total. The van der Waals surface area contributed by atoms with Crippen molar-refractivity contribution in [1.29, 1.82) is 5.26 Å². The average Bonchev–Trinajstić information content (AvgIpc) is 2.77. The minimum absolute atomic E-state index is 0.0551. The largest absolute Gasteiger partial charge is 0.493 e. The zero-order chi connectivity index (χ0) is 23.7. The van der Waals surface area contributed by atoms with E-state index in [-0.39, 0.29) is 24.7 Å². The number of hydrogen-bond donors (Lipinski definition) is 1. The second-order valence-corrected chi connectivity index (χ2v) is 7.91. The van der Waals surface area contributed by atoms with Gasteiger partial charge in [0.25, 0.3) is 5.91 Å². The van der Waals surface area contributed by atoms with E-state index in [4.69, 9.17) is 18.9 Å². The monoisotopic (exact) mass is 568 g/mol. The summed E-state index contributed by atoms with van der Waals surface area (Å²) >= 11 is 6.84. The van der Waals surface area contributed by atoms with Gasteiger partial charge >= 0.3 is 0 Å². The lowest BCUT2D eigenvalue weighted by Crippen LogP contribution is -2.25. The van der Waals surface area contributed by atoms with Crippen molar-refractivity contribution >= 4 is 44.0 Å². The number of aromatic nitrogens is 1. The first-order valence-electron chi connectivity index (χ1n) is 9.39. The van der Waals surface area contributed by atoms with Crippen LogP contribution < -0.4 is 19.6 Å². The standard InChI is InChI=1S/C21H22Br2N4O5/c1-5-31-20-16(22)6-13(7-17(20)30-4)9-25-27-18(28)11-32-21-14(8-24)15(10-29-3)19(23)12(2)26-21/h6-7,9H,5,10-11H2,1-4H3,(H,27,28)/b25-9+. The molecule has 0 bridgehead atoms. The lowest BCUT2D eigenvalue weighted by atomic mass is 10.1. The Bertz CT molecular complexity index is 1050. The highest BCUT2D eigenvalue weighted by atomic mass is 79.9. The summed E-state index contributed by atoms with van der Waals surface area (Å²) in [6.07, 6.45) is 1.46. The van der Waals surface area contributed by atoms with Gasteiger partial charge in [0.1, 0.15) is 11.6 Å². The summed E-state index contributed by atoms with van der Waals surface area (Å²) in [6, 6.07) is 5.56. The first kappa shape index (κ1) is 25.6. The van der Waals surface area contributed by atoms with Gasteiger partial charge in [-0.2, -0.15) is 10.4 Å². The van der Waals surface area contributed by atoms with Crippen molar-refractivity contribution in [2.45, 2.75) is 20.5 Å². The molecule has 0 aliphatic carbocycles. The molecule has 0 aliphatic rings. The highest BCUT2D eigenvalue weighted by molar-refractivity contribution is 9.10. The van der Waals surface area contributed by atoms with Crippen molar-refractivity contribution in [3.63, 3.8) is 0 Å². The summed E-state index contributed by atoms with van der Waals surface area (Å²) in [5.41, 5.74) is 4.47. The van der Waals surface area contributed by atoms with Crippen LogP contribution in [0, 0.1) is 18.3 Å². The predicted molar refractivity (Wildman–Crippen MR) is 125 cm³/mol. The molecule has 1 aromatic carbocycles. The third-order valence-corrected chi connectivity index (χ3v) is 5.69. The second-order valence-electron chi connectivity index (χ2n) is 6.26. The molecule has 1 amide bonds. The third-order valence-electron chi connectivity index (χ3n) is 4.05. The quantitative estimate of drug-likeness (QED) is 0.341. The molecule has 2 rings (SSSR count). The predicted octanol–water partition coefficient (Wildman–Crippen LogP) is 3.87. The highest BCUT2D eigenvalue weighted by Crippen LogP contribution is 2.36. The number of nitrogens with one attached hydrogen (secondary N) is 1. The lowest BCUT2D eigenvalue weighted by molar-refractivity contribution is -0.123. The number of amides is 1. The summed E-state index contributed by atoms with van der Waals surface area (Å²) < 4.78 is 22.9. The number of carbonyl (C=O) groups is 1. The summed E-state index contributed by atoms with van der Waals surface area (Å²) in [4.78, 5) is 16.4. The van der Waals surface area contributed by atoms with Gasteiger partial charge in [-0.15, -0.1) is 0 Å². The van der Waals surface area contributed by atoms with Crippen LogP contribution in [0.3, 0.4) is 0 Å². The van der Waals surface area contributed by atoms with E-state index in [0.29, 0.717) is 43.9 Å². The fourth-order valence-corrected chi connectivity index (χ4v) is 3.63. The fraction of sp³-hybridized carbons (Fsp3) is 0.333. The first-order valence-corrected chi connectivity index (χ1v) is 11.0. The van der Waals surface area contributed by atoms with Gasteiger partial charge in [-0.1, -0.05) is 0 Å². The van der Waals surface area contributed by atoms with E-state index in [9.17, 15) is 10.1 Å². The Morgan fingerprint density at radius 1 is 1.31 bits per heavy atom. The number of pyridine rings is 1. The number of methoxy groups -OCH3 is 2. The van der Waals surface area contributed by atoms with E-state index in [1.165, 1.54) is 20.4 Å². The van der Waals surface area contributed by atoms with E-state index in [0.717, 1.165) is 0 Å². The second kappa shape index (κ2) is 12.4. The SMILES string of the molecule is CCOc1c(Br)cc(/C=N/NC(=O)COc2nc(C)c(Br)c(COC)c2C#N)cc1OC. The van der Waals surface area contributed by atoms with Gasteiger partial charge in [-0.25, -0.2) is 10.4 Å². The molecule has 0 atom stereocenters. The molecule has 9 nitrogen and oxygen atoms in total. The average molecular weight is 570 g/mol. The maximum atomic E-state index is 12.1. The van der Waals surface area contributed by atoms with Gasteiger partial charge in [0, 0.05) is 17.1 Å². The minimum atomic E-state index is -0.516. The molecule has 0 aliphatic heterocycles. The smallest absolute Gasteiger partial charge is 0.278 e. The van der Waals surface area contributed by atoms with E-state index in [1.807, 2.05) is 13.0 Å². The van der Waals surface area contributed by atoms with Crippen LogP contribution in [0.25, 0.3) is 0 Å². The number of carbonyl (C=O) groups excluding carboxylic acids is 1. The maximum Gasteiger partial charge on any atom is 0.278 e. The van der Waals surface area contributed by atoms with Crippen LogP contribution in [-0.2, 0) is 16.1 Å². The summed E-state index contributed by atoms with van der Waals surface area (Å²) in [6.45, 7) is 3.95. The molecular formula is C21H22Br2N4O5. The maximum absolute atomic E-state index is 12.1. The summed E-state index contributed by atoms with van der Waals surface area (Å²) in [5.74, 6) is 0.658. The Morgan fingerprint density at radius 2 is 2.06 bits per heavy atom. The molecule has 1 heterocycles. The Kier molecular flexibility index (Phi) is 9.90. The molecule has 1 aromatic heterocycles. The number of halogens is 2. The number of ether oxygens (including phenoxy) is 4. The van der Waals surface area contributed by atoms with E-state index in [2.05, 4.69) is 47.4 Å². The van der Waals surface area contributed by atoms with Crippen molar-refractivity contribution < 1.29 is 23.7 Å². The lowest BCUT2D eigenvalue weighted by Gasteiger charge is -2.13. The minimum Gasteiger partial charge on any atom is -0.493 e. The molecule has 0 spiro atoms. The molecule has 0 unspecified atom stereocenters. The molecular weight excluding hydrogens is 548 g/mol. The first-order chi connectivity index (χ1) is 15.4. The van der Waals surface area contributed by atoms with Crippen LogP contribution in [0.1, 0.15) is 29.3 Å². The van der Waals surface area contributed by atoms with Crippen molar-refractivity contribution in [3.05, 3.63) is 43.5 Å². The number of rotatable bonds is 10. The van der Waals surface area contributed by atoms with Crippen LogP contribution >= 0.6 is 31.9 Å². The van der Waals surface area contributed by atoms with Crippen molar-refractivity contribution in [3.8, 4) is 23.4 Å². The Morgan fingerprint density at radius 3 is 2.69 bits per heavy atom. The zero-order valence-electron chi connectivity index (χ0n) is 18.0. The van der Waals surface area contributed by atoms with E-state index in [1.54, 1.807) is 19.1 Å². The highest BCUT2D eigenvalue weighted by Gasteiger charge is 2.18. The van der Waals surface area contributed by atoms with Crippen LogP contribution in [0.15, 0.2) is 26.2 Å². The van der Waals surface area contributed by atoms with Crippen molar-refractivity contribution in [2.24, 2.45) is 5.10 Å². The third kappa shape index (κ3) is 6.41. The van der Waals surface area contributed by atoms with Gasteiger partial charge < -0.3 is 18.9 Å². The molecule has 0 fully saturated rings. The van der Waals surface area contributed by atoms with Gasteiger partial charge in [-0.3, -0.25) is 4.79 Å². The van der Waals surface area contributed by atoms with Gasteiger partial charge in [0.15, 0.2) is 18.1 Å². The number of nitrogens with zero attached hydrogens (tertiary/aromatic N) is 3. The van der Waals surface area contributed by atoms with Gasteiger partial charge in [0.2, 0.25) is 5.88 Å². The van der Waals surface area contributed by atoms with Crippen LogP contribution in [-0.4, -0.2) is 44.5 Å². The number of nitriles is 1. The topological polar surface area (TPSA) is 115 Å². The number of benzene rings is 1. The molecule has 0 saturated carbocycles. The fourth-order valence-electron chi connectivity index (χ4n) is 2.66. The summed E-state index contributed by atoms with van der Waals surface area (Å²) in [7, 11) is 3.06.